The number of benzene rings is 2. The van der Waals surface area contributed by atoms with E-state index in [1.807, 2.05) is 39.8 Å². The van der Waals surface area contributed by atoms with Crippen LogP contribution < -0.4 is 19.6 Å². The van der Waals surface area contributed by atoms with E-state index in [9.17, 15) is 15.0 Å². The van der Waals surface area contributed by atoms with Gasteiger partial charge in [-0.2, -0.15) is 0 Å². The second-order valence-electron chi connectivity index (χ2n) is 8.90. The molecule has 174 valence electrons. The summed E-state index contributed by atoms with van der Waals surface area (Å²) in [7, 11) is 2.79. The first-order valence-electron chi connectivity index (χ1n) is 10.7. The molecule has 1 aromatic heterocycles. The monoisotopic (exact) mass is 452 g/mol. The Hall–Kier alpha value is -3.61. The highest BCUT2D eigenvalue weighted by molar-refractivity contribution is 6.02. The van der Waals surface area contributed by atoms with Crippen LogP contribution in [0.15, 0.2) is 33.0 Å². The number of rotatable bonds is 5. The van der Waals surface area contributed by atoms with Crippen molar-refractivity contribution in [3.63, 3.8) is 0 Å². The van der Waals surface area contributed by atoms with Crippen molar-refractivity contribution >= 4 is 28.0 Å². The maximum Gasteiger partial charge on any atom is 0.207 e. The third-order valence-electron chi connectivity index (χ3n) is 5.75. The van der Waals surface area contributed by atoms with Crippen molar-refractivity contribution < 1.29 is 28.8 Å². The summed E-state index contributed by atoms with van der Waals surface area (Å²) in [6, 6.07) is 1.44. The van der Waals surface area contributed by atoms with Crippen LogP contribution in [0, 0.1) is 0 Å². The fraction of sp³-hybridized carbons (Fsp3) is 0.346. The molecule has 0 atom stereocenters. The lowest BCUT2D eigenvalue weighted by molar-refractivity contribution is 0.156. The van der Waals surface area contributed by atoms with Gasteiger partial charge in [0.1, 0.15) is 22.5 Å². The van der Waals surface area contributed by atoms with Crippen molar-refractivity contribution in [1.29, 1.82) is 0 Å². The Bertz CT molecular complexity index is 1390. The minimum atomic E-state index is -0.603. The van der Waals surface area contributed by atoms with Crippen LogP contribution in [0.4, 0.5) is 0 Å². The molecule has 7 nitrogen and oxygen atoms in total. The van der Waals surface area contributed by atoms with Crippen LogP contribution in [0.1, 0.15) is 45.2 Å². The SMILES string of the molecule is COc1cc2c(=O)c3c(O)c(CCC=C(C)C)c4c(c3oc2c(O)c1OC)C=CC(C)(C)O4. The number of hydrogen-bond acceptors (Lipinski definition) is 7. The topological polar surface area (TPSA) is 98.4 Å². The molecule has 1 aliphatic rings. The van der Waals surface area contributed by atoms with E-state index in [1.165, 1.54) is 20.3 Å². The molecule has 3 aromatic rings. The van der Waals surface area contributed by atoms with Crippen LogP contribution in [0.2, 0.25) is 0 Å². The first-order valence-corrected chi connectivity index (χ1v) is 10.7. The van der Waals surface area contributed by atoms with Crippen LogP contribution >= 0.6 is 0 Å². The van der Waals surface area contributed by atoms with Gasteiger partial charge >= 0.3 is 0 Å². The largest absolute Gasteiger partial charge is 0.507 e. The van der Waals surface area contributed by atoms with E-state index in [-0.39, 0.29) is 44.9 Å². The molecule has 0 amide bonds. The highest BCUT2D eigenvalue weighted by Crippen LogP contribution is 2.48. The van der Waals surface area contributed by atoms with Crippen molar-refractivity contribution in [2.45, 2.75) is 46.1 Å². The van der Waals surface area contributed by atoms with Crippen LogP contribution in [0.5, 0.6) is 28.7 Å². The predicted molar refractivity (Wildman–Crippen MR) is 128 cm³/mol. The molecule has 2 heterocycles. The average Bonchev–Trinajstić information content (AvgIpc) is 2.75. The molecule has 0 spiro atoms. The third kappa shape index (κ3) is 3.67. The lowest BCUT2D eigenvalue weighted by Gasteiger charge is -2.30. The number of phenols is 2. The Labute approximate surface area is 191 Å². The van der Waals surface area contributed by atoms with Crippen molar-refractivity contribution in [3.8, 4) is 28.7 Å². The lowest BCUT2D eigenvalue weighted by Crippen LogP contribution is -2.28. The molecular formula is C26H28O7. The van der Waals surface area contributed by atoms with Gasteiger partial charge in [0.05, 0.1) is 25.2 Å². The lowest BCUT2D eigenvalue weighted by atomic mass is 9.93. The minimum absolute atomic E-state index is 0.0352. The Morgan fingerprint density at radius 1 is 1.12 bits per heavy atom. The van der Waals surface area contributed by atoms with Gasteiger partial charge in [-0.15, -0.1) is 0 Å². The smallest absolute Gasteiger partial charge is 0.207 e. The zero-order valence-electron chi connectivity index (χ0n) is 19.7. The highest BCUT2D eigenvalue weighted by Gasteiger charge is 2.31. The number of ether oxygens (including phenoxy) is 3. The Kier molecular flexibility index (Phi) is 5.52. The maximum absolute atomic E-state index is 13.6. The number of aromatic hydroxyl groups is 2. The van der Waals surface area contributed by atoms with Crippen LogP contribution in [-0.4, -0.2) is 30.0 Å². The standard InChI is InChI=1S/C26H28O7/c1-13(2)8-7-9-14-19(27)18-20(28)16-12-17(30-5)25(31-6)21(29)24(16)32-23(18)15-10-11-26(3,4)33-22(14)15/h8,10-12,27,29H,7,9H2,1-6H3. The van der Waals surface area contributed by atoms with E-state index < -0.39 is 11.0 Å². The van der Waals surface area contributed by atoms with E-state index in [4.69, 9.17) is 18.6 Å². The van der Waals surface area contributed by atoms with E-state index in [1.54, 1.807) is 0 Å². The molecule has 2 N–H and O–H groups in total. The van der Waals surface area contributed by atoms with E-state index in [2.05, 4.69) is 6.08 Å². The van der Waals surface area contributed by atoms with Gasteiger partial charge in [0.2, 0.25) is 16.9 Å². The van der Waals surface area contributed by atoms with Crippen LogP contribution in [-0.2, 0) is 6.42 Å². The van der Waals surface area contributed by atoms with E-state index in [0.717, 1.165) is 5.57 Å². The molecule has 4 rings (SSSR count). The molecular weight excluding hydrogens is 424 g/mol. The quantitative estimate of drug-likeness (QED) is 0.392. The maximum atomic E-state index is 13.6. The number of allylic oxidation sites excluding steroid dienone is 2. The molecule has 7 heteroatoms. The van der Waals surface area contributed by atoms with Crippen molar-refractivity contribution in [1.82, 2.24) is 0 Å². The zero-order chi connectivity index (χ0) is 24.1. The third-order valence-corrected chi connectivity index (χ3v) is 5.75. The molecule has 0 bridgehead atoms. The molecule has 0 unspecified atom stereocenters. The van der Waals surface area contributed by atoms with Crippen molar-refractivity contribution in [2.24, 2.45) is 0 Å². The number of phenolic OH excluding ortho intramolecular Hbond substituents is 2. The van der Waals surface area contributed by atoms with Gasteiger partial charge in [-0.05, 0) is 58.8 Å². The molecule has 0 saturated heterocycles. The summed E-state index contributed by atoms with van der Waals surface area (Å²) in [6.07, 6.45) is 6.92. The number of hydrogen-bond donors (Lipinski definition) is 2. The second kappa shape index (κ2) is 8.06. The number of fused-ring (bicyclic) bond motifs is 4. The normalized spacial score (nSPS) is 14.1. The highest BCUT2D eigenvalue weighted by atomic mass is 16.5. The predicted octanol–water partition coefficient (Wildman–Crippen LogP) is 5.46. The molecule has 0 aliphatic carbocycles. The summed E-state index contributed by atoms with van der Waals surface area (Å²) < 4.78 is 22.8. The fourth-order valence-corrected chi connectivity index (χ4v) is 4.14. The van der Waals surface area contributed by atoms with Gasteiger partial charge in [0.15, 0.2) is 16.9 Å². The van der Waals surface area contributed by atoms with E-state index in [0.29, 0.717) is 29.7 Å². The van der Waals surface area contributed by atoms with Gasteiger partial charge in [-0.1, -0.05) is 11.6 Å². The Morgan fingerprint density at radius 2 is 1.85 bits per heavy atom. The molecule has 33 heavy (non-hydrogen) atoms. The van der Waals surface area contributed by atoms with E-state index >= 15 is 0 Å². The summed E-state index contributed by atoms with van der Waals surface area (Å²) in [6.45, 7) is 7.83. The fourth-order valence-electron chi connectivity index (χ4n) is 4.14. The summed E-state index contributed by atoms with van der Waals surface area (Å²) >= 11 is 0. The summed E-state index contributed by atoms with van der Waals surface area (Å²) in [5.74, 6) is 0.170. The van der Waals surface area contributed by atoms with Crippen molar-refractivity contribution in [3.05, 3.63) is 45.1 Å². The van der Waals surface area contributed by atoms with Gasteiger partial charge in [0.25, 0.3) is 0 Å². The van der Waals surface area contributed by atoms with Crippen LogP contribution in [0.3, 0.4) is 0 Å². The van der Waals surface area contributed by atoms with Gasteiger partial charge < -0.3 is 28.8 Å². The zero-order valence-corrected chi connectivity index (χ0v) is 19.7. The Balaban J connectivity index is 2.13. The summed E-state index contributed by atoms with van der Waals surface area (Å²) in [4.78, 5) is 13.6. The van der Waals surface area contributed by atoms with Crippen molar-refractivity contribution in [2.75, 3.05) is 14.2 Å². The Morgan fingerprint density at radius 3 is 2.48 bits per heavy atom. The molecule has 2 aromatic carbocycles. The molecule has 1 aliphatic heterocycles. The second-order valence-corrected chi connectivity index (χ2v) is 8.90. The molecule has 0 saturated carbocycles. The molecule has 0 fully saturated rings. The van der Waals surface area contributed by atoms with Gasteiger partial charge in [-0.25, -0.2) is 0 Å². The number of methoxy groups -OCH3 is 2. The average molecular weight is 453 g/mol. The minimum Gasteiger partial charge on any atom is -0.507 e. The summed E-state index contributed by atoms with van der Waals surface area (Å²) in [5.41, 5.74) is 1.25. The summed E-state index contributed by atoms with van der Waals surface area (Å²) in [5, 5.41) is 22.2. The first kappa shape index (κ1) is 22.6. The van der Waals surface area contributed by atoms with Gasteiger partial charge in [0, 0.05) is 5.56 Å². The van der Waals surface area contributed by atoms with Gasteiger partial charge in [-0.3, -0.25) is 4.79 Å². The first-order chi connectivity index (χ1) is 15.6. The molecule has 0 radical (unpaired) electrons. The van der Waals surface area contributed by atoms with Crippen LogP contribution in [0.25, 0.3) is 28.0 Å².